The lowest BCUT2D eigenvalue weighted by atomic mass is 9.96. The number of anilines is 1. The van der Waals surface area contributed by atoms with Gasteiger partial charge in [-0.15, -0.1) is 0 Å². The Bertz CT molecular complexity index is 686. The maximum absolute atomic E-state index is 12.3. The molecule has 1 aliphatic rings. The van der Waals surface area contributed by atoms with Gasteiger partial charge in [-0.25, -0.2) is 0 Å². The quantitative estimate of drug-likeness (QED) is 0.939. The van der Waals surface area contributed by atoms with E-state index in [9.17, 15) is 4.79 Å². The first-order valence-corrected chi connectivity index (χ1v) is 7.86. The molecule has 0 saturated carbocycles. The fourth-order valence-electron chi connectivity index (χ4n) is 2.94. The van der Waals surface area contributed by atoms with Crippen molar-refractivity contribution in [3.05, 3.63) is 64.7 Å². The summed E-state index contributed by atoms with van der Waals surface area (Å²) in [6, 6.07) is 15.8. The van der Waals surface area contributed by atoms with E-state index in [1.54, 1.807) is 0 Å². The third kappa shape index (κ3) is 3.09. The molecule has 3 nitrogen and oxygen atoms in total. The Labute approximate surface area is 135 Å². The number of nitrogens with zero attached hydrogens (tertiary/aromatic N) is 1. The van der Waals surface area contributed by atoms with Crippen molar-refractivity contribution in [2.24, 2.45) is 0 Å². The van der Waals surface area contributed by atoms with Gasteiger partial charge >= 0.3 is 0 Å². The van der Waals surface area contributed by atoms with Crippen molar-refractivity contribution in [1.29, 1.82) is 0 Å². The van der Waals surface area contributed by atoms with E-state index in [1.807, 2.05) is 36.4 Å². The molecule has 3 rings (SSSR count). The average Bonchev–Trinajstić information content (AvgIpc) is 2.53. The molecule has 0 bridgehead atoms. The standard InChI is InChI=1S/C18H19ClN2O/c1-21-11-10-16(14-7-3-5-9-17(14)21)20-18(22)12-13-6-2-4-8-15(13)19/h2-9,16H,10-12H2,1H3,(H,20,22). The van der Waals surface area contributed by atoms with Crippen LogP contribution < -0.4 is 10.2 Å². The van der Waals surface area contributed by atoms with Gasteiger partial charge in [0.15, 0.2) is 0 Å². The molecule has 0 fully saturated rings. The van der Waals surface area contributed by atoms with Gasteiger partial charge in [-0.3, -0.25) is 4.79 Å². The van der Waals surface area contributed by atoms with Gasteiger partial charge in [-0.05, 0) is 29.7 Å². The molecule has 1 atom stereocenters. The summed E-state index contributed by atoms with van der Waals surface area (Å²) in [6.07, 6.45) is 1.23. The molecular formula is C18H19ClN2O. The number of hydrogen-bond donors (Lipinski definition) is 1. The Hall–Kier alpha value is -2.00. The highest BCUT2D eigenvalue weighted by molar-refractivity contribution is 6.31. The van der Waals surface area contributed by atoms with Crippen molar-refractivity contribution in [2.45, 2.75) is 18.9 Å². The lowest BCUT2D eigenvalue weighted by Crippen LogP contribution is -2.37. The van der Waals surface area contributed by atoms with Gasteiger partial charge in [-0.2, -0.15) is 0 Å². The number of nitrogens with one attached hydrogen (secondary N) is 1. The molecule has 1 N–H and O–H groups in total. The van der Waals surface area contributed by atoms with E-state index in [2.05, 4.69) is 29.4 Å². The van der Waals surface area contributed by atoms with E-state index < -0.39 is 0 Å². The zero-order chi connectivity index (χ0) is 15.5. The van der Waals surface area contributed by atoms with E-state index in [4.69, 9.17) is 11.6 Å². The van der Waals surface area contributed by atoms with Crippen LogP contribution in [0.15, 0.2) is 48.5 Å². The van der Waals surface area contributed by atoms with E-state index in [0.717, 1.165) is 18.5 Å². The Morgan fingerprint density at radius 1 is 1.23 bits per heavy atom. The lowest BCUT2D eigenvalue weighted by Gasteiger charge is -2.33. The maximum atomic E-state index is 12.3. The smallest absolute Gasteiger partial charge is 0.224 e. The molecule has 1 amide bonds. The highest BCUT2D eigenvalue weighted by Gasteiger charge is 2.24. The van der Waals surface area contributed by atoms with E-state index in [-0.39, 0.29) is 11.9 Å². The summed E-state index contributed by atoms with van der Waals surface area (Å²) in [5.41, 5.74) is 3.24. The predicted molar refractivity (Wildman–Crippen MR) is 90.4 cm³/mol. The molecule has 1 unspecified atom stereocenters. The number of fused-ring (bicyclic) bond motifs is 1. The molecule has 0 spiro atoms. The van der Waals surface area contributed by atoms with Crippen LogP contribution in [-0.2, 0) is 11.2 Å². The van der Waals surface area contributed by atoms with Gasteiger partial charge in [0.25, 0.3) is 0 Å². The predicted octanol–water partition coefficient (Wildman–Crippen LogP) is 3.58. The Kier molecular flexibility index (Phi) is 4.34. The maximum Gasteiger partial charge on any atom is 0.224 e. The molecule has 4 heteroatoms. The number of carbonyl (C=O) groups is 1. The fourth-order valence-corrected chi connectivity index (χ4v) is 3.14. The van der Waals surface area contributed by atoms with E-state index in [1.165, 1.54) is 11.3 Å². The third-order valence-corrected chi connectivity index (χ3v) is 4.49. The number of amides is 1. The van der Waals surface area contributed by atoms with Crippen molar-refractivity contribution in [3.8, 4) is 0 Å². The summed E-state index contributed by atoms with van der Waals surface area (Å²) in [5, 5.41) is 3.79. The van der Waals surface area contributed by atoms with E-state index >= 15 is 0 Å². The minimum Gasteiger partial charge on any atom is -0.374 e. The molecule has 0 aromatic heterocycles. The highest BCUT2D eigenvalue weighted by atomic mass is 35.5. The van der Waals surface area contributed by atoms with Crippen LogP contribution in [0.2, 0.25) is 5.02 Å². The van der Waals surface area contributed by atoms with Crippen molar-refractivity contribution in [1.82, 2.24) is 5.32 Å². The molecule has 0 saturated heterocycles. The van der Waals surface area contributed by atoms with Crippen LogP contribution in [-0.4, -0.2) is 19.5 Å². The molecule has 22 heavy (non-hydrogen) atoms. The molecule has 0 aliphatic carbocycles. The summed E-state index contributed by atoms with van der Waals surface area (Å²) in [6.45, 7) is 0.939. The van der Waals surface area contributed by atoms with Gasteiger partial charge in [0.1, 0.15) is 0 Å². The second kappa shape index (κ2) is 6.41. The number of halogens is 1. The molecule has 114 valence electrons. The SMILES string of the molecule is CN1CCC(NC(=O)Cc2ccccc2Cl)c2ccccc21. The van der Waals surface area contributed by atoms with Gasteiger partial charge in [0.2, 0.25) is 5.91 Å². The van der Waals surface area contributed by atoms with Crippen molar-refractivity contribution in [2.75, 3.05) is 18.5 Å². The number of rotatable bonds is 3. The Morgan fingerprint density at radius 3 is 2.77 bits per heavy atom. The summed E-state index contributed by atoms with van der Waals surface area (Å²) >= 11 is 6.12. The highest BCUT2D eigenvalue weighted by Crippen LogP contribution is 2.32. The van der Waals surface area contributed by atoms with Gasteiger partial charge in [0, 0.05) is 24.3 Å². The van der Waals surface area contributed by atoms with Crippen molar-refractivity contribution >= 4 is 23.2 Å². The summed E-state index contributed by atoms with van der Waals surface area (Å²) in [5.74, 6) is 0.0115. The fraction of sp³-hybridized carbons (Fsp3) is 0.278. The summed E-state index contributed by atoms with van der Waals surface area (Å²) < 4.78 is 0. The molecule has 2 aromatic carbocycles. The lowest BCUT2D eigenvalue weighted by molar-refractivity contribution is -0.121. The Morgan fingerprint density at radius 2 is 1.95 bits per heavy atom. The number of carbonyl (C=O) groups excluding carboxylic acids is 1. The summed E-state index contributed by atoms with van der Waals surface area (Å²) in [4.78, 5) is 14.6. The van der Waals surface area contributed by atoms with E-state index in [0.29, 0.717) is 11.4 Å². The van der Waals surface area contributed by atoms with Crippen LogP contribution in [0.25, 0.3) is 0 Å². The van der Waals surface area contributed by atoms with Crippen LogP contribution in [0.4, 0.5) is 5.69 Å². The van der Waals surface area contributed by atoms with Crippen LogP contribution >= 0.6 is 11.6 Å². The topological polar surface area (TPSA) is 32.3 Å². The zero-order valence-electron chi connectivity index (χ0n) is 12.6. The molecule has 2 aromatic rings. The zero-order valence-corrected chi connectivity index (χ0v) is 13.3. The largest absolute Gasteiger partial charge is 0.374 e. The van der Waals surface area contributed by atoms with Gasteiger partial charge in [-0.1, -0.05) is 48.0 Å². The number of hydrogen-bond acceptors (Lipinski definition) is 2. The number of benzene rings is 2. The first-order valence-electron chi connectivity index (χ1n) is 7.48. The van der Waals surface area contributed by atoms with Gasteiger partial charge < -0.3 is 10.2 Å². The minimum atomic E-state index is 0.0115. The minimum absolute atomic E-state index is 0.0115. The van der Waals surface area contributed by atoms with Crippen LogP contribution in [0, 0.1) is 0 Å². The van der Waals surface area contributed by atoms with Crippen LogP contribution in [0.3, 0.4) is 0 Å². The second-order valence-electron chi connectivity index (χ2n) is 5.66. The first kappa shape index (κ1) is 14.9. The molecule has 0 radical (unpaired) electrons. The Balaban J connectivity index is 1.73. The summed E-state index contributed by atoms with van der Waals surface area (Å²) in [7, 11) is 2.08. The monoisotopic (exact) mass is 314 g/mol. The van der Waals surface area contributed by atoms with Crippen LogP contribution in [0.1, 0.15) is 23.6 Å². The number of para-hydroxylation sites is 1. The molecule has 1 heterocycles. The second-order valence-corrected chi connectivity index (χ2v) is 6.06. The molecule has 1 aliphatic heterocycles. The first-order chi connectivity index (χ1) is 10.6. The van der Waals surface area contributed by atoms with Crippen LogP contribution in [0.5, 0.6) is 0 Å². The van der Waals surface area contributed by atoms with Crippen molar-refractivity contribution < 1.29 is 4.79 Å². The van der Waals surface area contributed by atoms with Crippen molar-refractivity contribution in [3.63, 3.8) is 0 Å². The van der Waals surface area contributed by atoms with Gasteiger partial charge in [0.05, 0.1) is 12.5 Å². The average molecular weight is 315 g/mol. The molecular weight excluding hydrogens is 296 g/mol. The normalized spacial score (nSPS) is 17.0. The third-order valence-electron chi connectivity index (χ3n) is 4.12.